The number of halogens is 1. The molecule has 0 bridgehead atoms. The third-order valence-corrected chi connectivity index (χ3v) is 3.41. The number of aliphatic hydroxyl groups excluding tert-OH is 1. The van der Waals surface area contributed by atoms with Crippen LogP contribution in [0.5, 0.6) is 0 Å². The molecule has 3 nitrogen and oxygen atoms in total. The van der Waals surface area contributed by atoms with E-state index >= 15 is 0 Å². The molecule has 94 valence electrons. The molecule has 1 aliphatic heterocycles. The number of hydrogen-bond donors (Lipinski definition) is 1. The van der Waals surface area contributed by atoms with Gasteiger partial charge in [-0.05, 0) is 18.1 Å². The first-order chi connectivity index (χ1) is 8.15. The lowest BCUT2D eigenvalue weighted by Crippen LogP contribution is -2.49. The van der Waals surface area contributed by atoms with Crippen molar-refractivity contribution in [2.75, 3.05) is 19.1 Å². The van der Waals surface area contributed by atoms with Gasteiger partial charge in [0.25, 0.3) is 0 Å². The second-order valence-corrected chi connectivity index (χ2v) is 4.69. The summed E-state index contributed by atoms with van der Waals surface area (Å²) in [6.45, 7) is 2.60. The van der Waals surface area contributed by atoms with Gasteiger partial charge >= 0.3 is 0 Å². The Hall–Kier alpha value is -0.610. The molecule has 0 aliphatic carbocycles. The van der Waals surface area contributed by atoms with Gasteiger partial charge in [0.15, 0.2) is 5.79 Å². The number of aliphatic hydroxyl groups is 1. The van der Waals surface area contributed by atoms with Crippen LogP contribution in [0.3, 0.4) is 0 Å². The van der Waals surface area contributed by atoms with E-state index in [9.17, 15) is 5.11 Å². The molecule has 0 atom stereocenters. The van der Waals surface area contributed by atoms with Crippen LogP contribution < -0.4 is 0 Å². The van der Waals surface area contributed by atoms with E-state index < -0.39 is 11.9 Å². The second kappa shape index (κ2) is 5.36. The molecule has 1 heterocycles. The standard InChI is InChI=1S/C13H17ClO3/c1-10-4-2-3-5-11(10)6-13(9-14)16-7-12(15)8-17-13/h2-5,12,15H,6-9H2,1H3. The largest absolute Gasteiger partial charge is 0.388 e. The molecule has 0 saturated carbocycles. The second-order valence-electron chi connectivity index (χ2n) is 4.42. The van der Waals surface area contributed by atoms with Gasteiger partial charge in [0.1, 0.15) is 6.10 Å². The Morgan fingerprint density at radius 2 is 2.00 bits per heavy atom. The Morgan fingerprint density at radius 3 is 2.59 bits per heavy atom. The Labute approximate surface area is 106 Å². The van der Waals surface area contributed by atoms with E-state index in [0.29, 0.717) is 6.42 Å². The van der Waals surface area contributed by atoms with Crippen LogP contribution in [0.2, 0.25) is 0 Å². The lowest BCUT2D eigenvalue weighted by atomic mass is 10.0. The highest BCUT2D eigenvalue weighted by Crippen LogP contribution is 2.26. The highest BCUT2D eigenvalue weighted by Gasteiger charge is 2.37. The minimum Gasteiger partial charge on any atom is -0.388 e. The normalized spacial score (nSPS) is 29.2. The molecular weight excluding hydrogens is 240 g/mol. The van der Waals surface area contributed by atoms with Crippen molar-refractivity contribution < 1.29 is 14.6 Å². The molecule has 0 aromatic heterocycles. The fourth-order valence-corrected chi connectivity index (χ4v) is 2.16. The van der Waals surface area contributed by atoms with Crippen LogP contribution in [-0.2, 0) is 15.9 Å². The van der Waals surface area contributed by atoms with Crippen molar-refractivity contribution in [3.05, 3.63) is 35.4 Å². The number of benzene rings is 1. The zero-order valence-corrected chi connectivity index (χ0v) is 10.6. The van der Waals surface area contributed by atoms with Crippen molar-refractivity contribution in [3.63, 3.8) is 0 Å². The van der Waals surface area contributed by atoms with Gasteiger partial charge < -0.3 is 14.6 Å². The molecule has 1 aliphatic rings. The maximum atomic E-state index is 9.36. The number of alkyl halides is 1. The predicted molar refractivity (Wildman–Crippen MR) is 66.2 cm³/mol. The van der Waals surface area contributed by atoms with Crippen LogP contribution in [0.1, 0.15) is 11.1 Å². The Morgan fingerprint density at radius 1 is 1.35 bits per heavy atom. The topological polar surface area (TPSA) is 38.7 Å². The van der Waals surface area contributed by atoms with Crippen LogP contribution in [-0.4, -0.2) is 36.1 Å². The van der Waals surface area contributed by atoms with Gasteiger partial charge in [-0.3, -0.25) is 0 Å². The van der Waals surface area contributed by atoms with Crippen LogP contribution in [0.15, 0.2) is 24.3 Å². The molecule has 1 aromatic carbocycles. The molecule has 1 aromatic rings. The van der Waals surface area contributed by atoms with Gasteiger partial charge in [0.2, 0.25) is 0 Å². The van der Waals surface area contributed by atoms with Gasteiger partial charge in [-0.15, -0.1) is 11.6 Å². The lowest BCUT2D eigenvalue weighted by molar-refractivity contribution is -0.279. The van der Waals surface area contributed by atoms with E-state index in [2.05, 4.69) is 13.0 Å². The number of hydrogen-bond acceptors (Lipinski definition) is 3. The summed E-state index contributed by atoms with van der Waals surface area (Å²) < 4.78 is 11.2. The van der Waals surface area contributed by atoms with Gasteiger partial charge in [-0.1, -0.05) is 24.3 Å². The van der Waals surface area contributed by atoms with E-state index in [1.54, 1.807) is 0 Å². The minimum atomic E-state index is -0.799. The monoisotopic (exact) mass is 256 g/mol. The number of rotatable bonds is 3. The van der Waals surface area contributed by atoms with Crippen LogP contribution in [0.25, 0.3) is 0 Å². The molecule has 0 spiro atoms. The first kappa shape index (κ1) is 12.8. The van der Waals surface area contributed by atoms with E-state index in [1.807, 2.05) is 18.2 Å². The van der Waals surface area contributed by atoms with Gasteiger partial charge in [-0.25, -0.2) is 0 Å². The maximum absolute atomic E-state index is 9.36. The average Bonchev–Trinajstić information content (AvgIpc) is 2.35. The molecule has 17 heavy (non-hydrogen) atoms. The van der Waals surface area contributed by atoms with E-state index in [4.69, 9.17) is 21.1 Å². The first-order valence-electron chi connectivity index (χ1n) is 5.72. The van der Waals surface area contributed by atoms with E-state index in [0.717, 1.165) is 5.56 Å². The summed E-state index contributed by atoms with van der Waals surface area (Å²) in [6.07, 6.45) is 0.0545. The molecule has 2 rings (SSSR count). The summed E-state index contributed by atoms with van der Waals surface area (Å²) >= 11 is 5.96. The third-order valence-electron chi connectivity index (χ3n) is 3.00. The quantitative estimate of drug-likeness (QED) is 0.840. The van der Waals surface area contributed by atoms with E-state index in [-0.39, 0.29) is 19.1 Å². The fraction of sp³-hybridized carbons (Fsp3) is 0.538. The van der Waals surface area contributed by atoms with Crippen molar-refractivity contribution >= 4 is 11.6 Å². The smallest absolute Gasteiger partial charge is 0.186 e. The Bertz CT molecular complexity index is 373. The Kier molecular flexibility index (Phi) is 4.05. The van der Waals surface area contributed by atoms with Gasteiger partial charge in [-0.2, -0.15) is 0 Å². The first-order valence-corrected chi connectivity index (χ1v) is 6.25. The molecule has 1 fully saturated rings. The summed E-state index contributed by atoms with van der Waals surface area (Å²) in [5.74, 6) is -0.541. The summed E-state index contributed by atoms with van der Waals surface area (Å²) in [5, 5.41) is 9.36. The highest BCUT2D eigenvalue weighted by molar-refractivity contribution is 6.18. The van der Waals surface area contributed by atoms with Crippen LogP contribution >= 0.6 is 11.6 Å². The highest BCUT2D eigenvalue weighted by atomic mass is 35.5. The lowest BCUT2D eigenvalue weighted by Gasteiger charge is -2.37. The molecule has 0 radical (unpaired) electrons. The van der Waals surface area contributed by atoms with Gasteiger partial charge in [0.05, 0.1) is 19.1 Å². The minimum absolute atomic E-state index is 0.258. The third kappa shape index (κ3) is 2.99. The summed E-state index contributed by atoms with van der Waals surface area (Å²) in [4.78, 5) is 0. The SMILES string of the molecule is Cc1ccccc1CC1(CCl)OCC(O)CO1. The van der Waals surface area contributed by atoms with Crippen molar-refractivity contribution in [1.82, 2.24) is 0 Å². The molecule has 4 heteroatoms. The molecule has 0 unspecified atom stereocenters. The van der Waals surface area contributed by atoms with Crippen molar-refractivity contribution in [2.24, 2.45) is 0 Å². The number of ether oxygens (including phenoxy) is 2. The molecule has 0 amide bonds. The van der Waals surface area contributed by atoms with Gasteiger partial charge in [0, 0.05) is 6.42 Å². The van der Waals surface area contributed by atoms with E-state index in [1.165, 1.54) is 5.56 Å². The van der Waals surface area contributed by atoms with Crippen molar-refractivity contribution in [1.29, 1.82) is 0 Å². The zero-order valence-electron chi connectivity index (χ0n) is 9.86. The molecule has 1 N–H and O–H groups in total. The predicted octanol–water partition coefficient (Wildman–Crippen LogP) is 1.88. The fourth-order valence-electron chi connectivity index (χ4n) is 1.91. The van der Waals surface area contributed by atoms with Crippen LogP contribution in [0, 0.1) is 6.92 Å². The summed E-state index contributed by atoms with van der Waals surface area (Å²) in [7, 11) is 0. The zero-order chi connectivity index (χ0) is 12.3. The summed E-state index contributed by atoms with van der Waals surface area (Å²) in [6, 6.07) is 8.08. The van der Waals surface area contributed by atoms with Crippen molar-refractivity contribution in [2.45, 2.75) is 25.2 Å². The maximum Gasteiger partial charge on any atom is 0.186 e. The van der Waals surface area contributed by atoms with Crippen LogP contribution in [0.4, 0.5) is 0 Å². The molecular formula is C13H17ClO3. The summed E-state index contributed by atoms with van der Waals surface area (Å²) in [5.41, 5.74) is 2.35. The molecule has 1 saturated heterocycles. The average molecular weight is 257 g/mol. The van der Waals surface area contributed by atoms with Crippen molar-refractivity contribution in [3.8, 4) is 0 Å². The number of aryl methyl sites for hydroxylation is 1. The Balaban J connectivity index is 2.12.